The Labute approximate surface area is 218 Å². The van der Waals surface area contributed by atoms with Gasteiger partial charge in [-0.05, 0) is 19.3 Å². The zero-order valence-corrected chi connectivity index (χ0v) is 23.5. The molecule has 1 N–H and O–H groups in total. The maximum atomic E-state index is 12.7. The predicted molar refractivity (Wildman–Crippen MR) is 149 cm³/mol. The molecular formula is C31H59NO3. The number of likely N-dealkylation sites (tertiary alicyclic amines) is 1. The van der Waals surface area contributed by atoms with Gasteiger partial charge in [0.2, 0.25) is 5.91 Å². The van der Waals surface area contributed by atoms with Gasteiger partial charge in [-0.25, -0.2) is 0 Å². The van der Waals surface area contributed by atoms with Gasteiger partial charge in [-0.3, -0.25) is 9.59 Å². The fraction of sp³-hybridized carbons (Fsp3) is 0.935. The van der Waals surface area contributed by atoms with Crippen molar-refractivity contribution in [3.8, 4) is 0 Å². The number of carbonyl (C=O) groups excluding carboxylic acids is 1. The van der Waals surface area contributed by atoms with Crippen LogP contribution in [0.4, 0.5) is 0 Å². The molecule has 0 radical (unpaired) electrons. The van der Waals surface area contributed by atoms with Crippen LogP contribution in [0.5, 0.6) is 0 Å². The van der Waals surface area contributed by atoms with Crippen LogP contribution in [0.15, 0.2) is 0 Å². The number of piperidine rings is 1. The van der Waals surface area contributed by atoms with Gasteiger partial charge in [0.15, 0.2) is 0 Å². The fourth-order valence-corrected chi connectivity index (χ4v) is 5.74. The molecular weight excluding hydrogens is 434 g/mol. The van der Waals surface area contributed by atoms with Crippen molar-refractivity contribution >= 4 is 11.9 Å². The average Bonchev–Trinajstić information content (AvgIpc) is 2.84. The number of carboxylic acids is 1. The lowest BCUT2D eigenvalue weighted by molar-refractivity contribution is -0.152. The monoisotopic (exact) mass is 493 g/mol. The largest absolute Gasteiger partial charge is 0.481 e. The number of unbranched alkanes of at least 4 members (excludes halogenated alkanes) is 19. The van der Waals surface area contributed by atoms with Gasteiger partial charge in [0.05, 0.1) is 5.92 Å². The second-order valence-electron chi connectivity index (χ2n) is 11.1. The zero-order valence-electron chi connectivity index (χ0n) is 23.5. The molecule has 1 saturated heterocycles. The number of aliphatic carboxylic acids is 1. The lowest BCUT2D eigenvalue weighted by atomic mass is 9.85. The van der Waals surface area contributed by atoms with E-state index < -0.39 is 5.97 Å². The molecule has 1 aliphatic heterocycles. The molecule has 0 aromatic heterocycles. The second-order valence-corrected chi connectivity index (χ2v) is 11.1. The molecule has 1 fully saturated rings. The van der Waals surface area contributed by atoms with Crippen molar-refractivity contribution in [2.45, 2.75) is 174 Å². The minimum absolute atomic E-state index is 0.0913. The Morgan fingerprint density at radius 1 is 0.686 bits per heavy atom. The van der Waals surface area contributed by atoms with Gasteiger partial charge in [-0.1, -0.05) is 142 Å². The van der Waals surface area contributed by atoms with E-state index in [1.54, 1.807) is 0 Å². The minimum atomic E-state index is -0.712. The molecule has 206 valence electrons. The first-order chi connectivity index (χ1) is 17.1. The van der Waals surface area contributed by atoms with Crippen LogP contribution >= 0.6 is 0 Å². The molecule has 1 amide bonds. The van der Waals surface area contributed by atoms with E-state index >= 15 is 0 Å². The first kappa shape index (κ1) is 32.0. The third kappa shape index (κ3) is 15.6. The molecule has 0 bridgehead atoms. The second kappa shape index (κ2) is 22.2. The summed E-state index contributed by atoms with van der Waals surface area (Å²) in [7, 11) is 0. The van der Waals surface area contributed by atoms with Gasteiger partial charge in [0.25, 0.3) is 0 Å². The van der Waals surface area contributed by atoms with E-state index in [4.69, 9.17) is 0 Å². The van der Waals surface area contributed by atoms with Crippen molar-refractivity contribution in [1.82, 2.24) is 4.90 Å². The summed E-state index contributed by atoms with van der Waals surface area (Å²) in [6, 6.07) is -0.0913. The summed E-state index contributed by atoms with van der Waals surface area (Å²) in [5.74, 6) is -0.902. The summed E-state index contributed by atoms with van der Waals surface area (Å²) >= 11 is 0. The van der Waals surface area contributed by atoms with Crippen LogP contribution in [0.3, 0.4) is 0 Å². The van der Waals surface area contributed by atoms with E-state index in [2.05, 4.69) is 13.8 Å². The van der Waals surface area contributed by atoms with Crippen LogP contribution in [0, 0.1) is 5.92 Å². The number of hydrogen-bond donors (Lipinski definition) is 1. The lowest BCUT2D eigenvalue weighted by Crippen LogP contribution is -2.51. The maximum Gasteiger partial charge on any atom is 0.308 e. The van der Waals surface area contributed by atoms with Gasteiger partial charge >= 0.3 is 5.97 Å². The highest BCUT2D eigenvalue weighted by atomic mass is 16.4. The van der Waals surface area contributed by atoms with E-state index in [0.717, 1.165) is 38.6 Å². The molecule has 4 heteroatoms. The Morgan fingerprint density at radius 2 is 1.09 bits per heavy atom. The van der Waals surface area contributed by atoms with Crippen molar-refractivity contribution in [3.05, 3.63) is 0 Å². The highest BCUT2D eigenvalue weighted by Gasteiger charge is 2.38. The molecule has 0 aromatic rings. The van der Waals surface area contributed by atoms with Crippen LogP contribution in [0.2, 0.25) is 0 Å². The predicted octanol–water partition coefficient (Wildman–Crippen LogP) is 9.30. The van der Waals surface area contributed by atoms with Crippen molar-refractivity contribution < 1.29 is 14.7 Å². The summed E-state index contributed by atoms with van der Waals surface area (Å²) in [4.78, 5) is 26.5. The Bertz CT molecular complexity index is 521. The first-order valence-corrected chi connectivity index (χ1v) is 15.6. The molecule has 0 saturated carbocycles. The van der Waals surface area contributed by atoms with Gasteiger partial charge < -0.3 is 10.0 Å². The molecule has 4 nitrogen and oxygen atoms in total. The smallest absolute Gasteiger partial charge is 0.308 e. The van der Waals surface area contributed by atoms with Crippen LogP contribution in [-0.4, -0.2) is 34.5 Å². The van der Waals surface area contributed by atoms with Gasteiger partial charge in [0.1, 0.15) is 0 Å². The van der Waals surface area contributed by atoms with Crippen LogP contribution in [-0.2, 0) is 9.59 Å². The van der Waals surface area contributed by atoms with Crippen molar-refractivity contribution in [2.24, 2.45) is 5.92 Å². The van der Waals surface area contributed by atoms with E-state index in [9.17, 15) is 14.7 Å². The number of carbonyl (C=O) groups is 2. The Kier molecular flexibility index (Phi) is 20.2. The average molecular weight is 494 g/mol. The van der Waals surface area contributed by atoms with Crippen molar-refractivity contribution in [3.63, 3.8) is 0 Å². The summed E-state index contributed by atoms with van der Waals surface area (Å²) in [5, 5.41) is 9.77. The van der Waals surface area contributed by atoms with Gasteiger partial charge in [-0.15, -0.1) is 0 Å². The molecule has 0 spiro atoms. The number of nitrogens with zero attached hydrogens (tertiary/aromatic N) is 1. The highest BCUT2D eigenvalue weighted by Crippen LogP contribution is 2.29. The quantitative estimate of drug-likeness (QED) is 0.136. The standard InChI is InChI=1S/C31H59NO3/c1-3-5-7-9-11-12-13-14-15-16-17-19-21-23-27-32-29(24-22-20-18-10-8-6-4-2)28(31(34)35)25-26-30(32)33/h28-29H,3-27H2,1-2H3,(H,34,35). The van der Waals surface area contributed by atoms with Crippen molar-refractivity contribution in [1.29, 1.82) is 0 Å². The summed E-state index contributed by atoms with van der Waals surface area (Å²) in [5.41, 5.74) is 0. The molecule has 0 aliphatic carbocycles. The molecule has 2 unspecified atom stereocenters. The maximum absolute atomic E-state index is 12.7. The molecule has 1 aliphatic rings. The SMILES string of the molecule is CCCCCCCCCCCCCCCCN1C(=O)CCC(C(=O)O)C1CCCCCCCCC. The lowest BCUT2D eigenvalue weighted by Gasteiger charge is -2.40. The zero-order chi connectivity index (χ0) is 25.6. The minimum Gasteiger partial charge on any atom is -0.481 e. The first-order valence-electron chi connectivity index (χ1n) is 15.6. The Hall–Kier alpha value is -1.06. The molecule has 0 aromatic carbocycles. The number of amides is 1. The van der Waals surface area contributed by atoms with Crippen LogP contribution in [0.25, 0.3) is 0 Å². The summed E-state index contributed by atoms with van der Waals surface area (Å²) < 4.78 is 0. The van der Waals surface area contributed by atoms with Crippen LogP contribution < -0.4 is 0 Å². The Balaban J connectivity index is 2.19. The van der Waals surface area contributed by atoms with E-state index in [0.29, 0.717) is 12.8 Å². The number of rotatable bonds is 24. The fourth-order valence-electron chi connectivity index (χ4n) is 5.74. The van der Waals surface area contributed by atoms with E-state index in [-0.39, 0.29) is 17.9 Å². The normalized spacial score (nSPS) is 18.3. The number of carboxylic acid groups (broad SMARTS) is 1. The van der Waals surface area contributed by atoms with Crippen LogP contribution in [0.1, 0.15) is 168 Å². The summed E-state index contributed by atoms with van der Waals surface area (Å²) in [6.07, 6.45) is 28.9. The molecule has 1 rings (SSSR count). The van der Waals surface area contributed by atoms with Crippen molar-refractivity contribution in [2.75, 3.05) is 6.54 Å². The number of hydrogen-bond acceptors (Lipinski definition) is 2. The topological polar surface area (TPSA) is 57.6 Å². The van der Waals surface area contributed by atoms with Gasteiger partial charge in [-0.2, -0.15) is 0 Å². The molecule has 2 atom stereocenters. The summed E-state index contributed by atoms with van der Waals surface area (Å²) in [6.45, 7) is 5.26. The van der Waals surface area contributed by atoms with E-state index in [1.807, 2.05) is 4.90 Å². The Morgan fingerprint density at radius 3 is 1.51 bits per heavy atom. The highest BCUT2D eigenvalue weighted by molar-refractivity contribution is 5.81. The van der Waals surface area contributed by atoms with Gasteiger partial charge in [0, 0.05) is 19.0 Å². The van der Waals surface area contributed by atoms with E-state index in [1.165, 1.54) is 109 Å². The molecule has 35 heavy (non-hydrogen) atoms. The third-order valence-corrected chi connectivity index (χ3v) is 8.03. The third-order valence-electron chi connectivity index (χ3n) is 8.03. The molecule has 1 heterocycles.